The van der Waals surface area contributed by atoms with Gasteiger partial charge in [-0.15, -0.1) is 24.0 Å². The number of aliphatic imine (C=N–C) groups is 1. The first-order chi connectivity index (χ1) is 15.6. The number of carbonyl (C=O) groups excluding carboxylic acids is 1. The van der Waals surface area contributed by atoms with Crippen molar-refractivity contribution in [1.29, 1.82) is 0 Å². The number of nitrogens with one attached hydrogen (secondary N) is 1. The summed E-state index contributed by atoms with van der Waals surface area (Å²) in [4.78, 5) is 24.4. The maximum absolute atomic E-state index is 12.8. The number of carbonyl (C=O) groups is 1. The van der Waals surface area contributed by atoms with Crippen LogP contribution in [0.15, 0.2) is 35.3 Å². The number of morpholine rings is 1. The van der Waals surface area contributed by atoms with Crippen molar-refractivity contribution < 1.29 is 9.53 Å². The second-order valence-electron chi connectivity index (χ2n) is 8.97. The number of ether oxygens (including phenoxy) is 1. The number of rotatable bonds is 8. The standard InChI is InChI=1S/C25H41N5O2.HI/c1-4-26-25(27-13-10-21(2)28(3)20-22-8-6-5-7-9-22)30-14-11-23(12-15-30)24(31)29-16-18-32-19-17-29;/h5-9,21,23H,4,10-20H2,1-3H3,(H,26,27);1H. The largest absolute Gasteiger partial charge is 0.378 e. The van der Waals surface area contributed by atoms with Crippen LogP contribution in [0.3, 0.4) is 0 Å². The van der Waals surface area contributed by atoms with Gasteiger partial charge in [0.25, 0.3) is 0 Å². The number of halogens is 1. The molecule has 2 fully saturated rings. The van der Waals surface area contributed by atoms with E-state index in [9.17, 15) is 4.79 Å². The molecule has 2 saturated heterocycles. The monoisotopic (exact) mass is 571 g/mol. The van der Waals surface area contributed by atoms with E-state index in [-0.39, 0.29) is 29.9 Å². The van der Waals surface area contributed by atoms with Crippen molar-refractivity contribution in [3.8, 4) is 0 Å². The first kappa shape index (κ1) is 27.9. The minimum atomic E-state index is 0. The molecule has 1 atom stereocenters. The Morgan fingerprint density at radius 3 is 2.45 bits per heavy atom. The Hall–Kier alpha value is -1.39. The molecule has 0 radical (unpaired) electrons. The number of hydrogen-bond donors (Lipinski definition) is 1. The molecule has 8 heteroatoms. The number of benzene rings is 1. The van der Waals surface area contributed by atoms with Crippen molar-refractivity contribution in [2.45, 2.75) is 45.7 Å². The van der Waals surface area contributed by atoms with E-state index in [0.29, 0.717) is 25.2 Å². The summed E-state index contributed by atoms with van der Waals surface area (Å²) >= 11 is 0. The van der Waals surface area contributed by atoms with Crippen LogP contribution in [-0.4, -0.2) is 92.1 Å². The molecule has 2 heterocycles. The van der Waals surface area contributed by atoms with Gasteiger partial charge in [-0.1, -0.05) is 30.3 Å². The number of nitrogens with zero attached hydrogens (tertiary/aromatic N) is 4. The lowest BCUT2D eigenvalue weighted by Gasteiger charge is -2.36. The van der Waals surface area contributed by atoms with Gasteiger partial charge in [-0.05, 0) is 45.7 Å². The maximum Gasteiger partial charge on any atom is 0.225 e. The fraction of sp³-hybridized carbons (Fsp3) is 0.680. The summed E-state index contributed by atoms with van der Waals surface area (Å²) in [7, 11) is 2.18. The fourth-order valence-electron chi connectivity index (χ4n) is 4.41. The molecule has 2 aliphatic rings. The van der Waals surface area contributed by atoms with Crippen molar-refractivity contribution >= 4 is 35.8 Å². The third-order valence-electron chi connectivity index (χ3n) is 6.64. The normalized spacial score (nSPS) is 18.7. The zero-order valence-electron chi connectivity index (χ0n) is 20.5. The lowest BCUT2D eigenvalue weighted by atomic mass is 9.95. The maximum atomic E-state index is 12.8. The highest BCUT2D eigenvalue weighted by atomic mass is 127. The van der Waals surface area contributed by atoms with E-state index in [1.165, 1.54) is 5.56 Å². The van der Waals surface area contributed by atoms with Crippen LogP contribution in [0.25, 0.3) is 0 Å². The Balaban J connectivity index is 0.00000385. The highest BCUT2D eigenvalue weighted by molar-refractivity contribution is 14.0. The van der Waals surface area contributed by atoms with Gasteiger partial charge in [0.1, 0.15) is 0 Å². The number of likely N-dealkylation sites (tertiary alicyclic amines) is 1. The Bertz CT molecular complexity index is 719. The predicted octanol–water partition coefficient (Wildman–Crippen LogP) is 3.05. The van der Waals surface area contributed by atoms with Gasteiger partial charge < -0.3 is 19.9 Å². The minimum Gasteiger partial charge on any atom is -0.378 e. The summed E-state index contributed by atoms with van der Waals surface area (Å²) < 4.78 is 5.38. The van der Waals surface area contributed by atoms with Crippen LogP contribution in [0, 0.1) is 5.92 Å². The van der Waals surface area contributed by atoms with Gasteiger partial charge in [0.05, 0.1) is 13.2 Å². The zero-order valence-corrected chi connectivity index (χ0v) is 22.9. The van der Waals surface area contributed by atoms with Crippen LogP contribution in [0.4, 0.5) is 0 Å². The van der Waals surface area contributed by atoms with E-state index >= 15 is 0 Å². The lowest BCUT2D eigenvalue weighted by Crippen LogP contribution is -2.50. The lowest BCUT2D eigenvalue weighted by molar-refractivity contribution is -0.140. The molecule has 33 heavy (non-hydrogen) atoms. The Kier molecular flexibility index (Phi) is 12.5. The van der Waals surface area contributed by atoms with E-state index < -0.39 is 0 Å². The van der Waals surface area contributed by atoms with Gasteiger partial charge in [0, 0.05) is 57.8 Å². The molecule has 0 aromatic heterocycles. The smallest absolute Gasteiger partial charge is 0.225 e. The molecule has 3 rings (SSSR count). The Morgan fingerprint density at radius 2 is 1.82 bits per heavy atom. The minimum absolute atomic E-state index is 0. The number of amides is 1. The predicted molar refractivity (Wildman–Crippen MR) is 145 cm³/mol. The summed E-state index contributed by atoms with van der Waals surface area (Å²) in [5, 5.41) is 3.45. The van der Waals surface area contributed by atoms with E-state index in [4.69, 9.17) is 9.73 Å². The zero-order chi connectivity index (χ0) is 22.8. The molecule has 0 bridgehead atoms. The molecule has 1 aromatic rings. The molecular weight excluding hydrogens is 529 g/mol. The molecule has 0 spiro atoms. The average molecular weight is 572 g/mol. The molecule has 2 aliphatic heterocycles. The van der Waals surface area contributed by atoms with Gasteiger partial charge in [-0.25, -0.2) is 0 Å². The molecule has 0 saturated carbocycles. The third kappa shape index (κ3) is 8.72. The number of hydrogen-bond acceptors (Lipinski definition) is 4. The van der Waals surface area contributed by atoms with Gasteiger partial charge in [0.2, 0.25) is 5.91 Å². The molecule has 0 aliphatic carbocycles. The first-order valence-corrected chi connectivity index (χ1v) is 12.2. The molecule has 1 aromatic carbocycles. The van der Waals surface area contributed by atoms with Crippen LogP contribution < -0.4 is 5.32 Å². The van der Waals surface area contributed by atoms with E-state index in [2.05, 4.69) is 66.3 Å². The van der Waals surface area contributed by atoms with Crippen LogP contribution in [-0.2, 0) is 16.1 Å². The Morgan fingerprint density at radius 1 is 1.15 bits per heavy atom. The Labute approximate surface area is 216 Å². The highest BCUT2D eigenvalue weighted by Crippen LogP contribution is 2.20. The van der Waals surface area contributed by atoms with Gasteiger partial charge >= 0.3 is 0 Å². The van der Waals surface area contributed by atoms with Crippen molar-refractivity contribution in [3.63, 3.8) is 0 Å². The van der Waals surface area contributed by atoms with Gasteiger partial charge in [-0.2, -0.15) is 0 Å². The molecule has 1 amide bonds. The molecule has 1 N–H and O–H groups in total. The third-order valence-corrected chi connectivity index (χ3v) is 6.64. The fourth-order valence-corrected chi connectivity index (χ4v) is 4.41. The van der Waals surface area contributed by atoms with Crippen molar-refractivity contribution in [3.05, 3.63) is 35.9 Å². The van der Waals surface area contributed by atoms with Crippen molar-refractivity contribution in [2.24, 2.45) is 10.9 Å². The number of piperidine rings is 1. The van der Waals surface area contributed by atoms with Crippen LogP contribution in [0.1, 0.15) is 38.7 Å². The van der Waals surface area contributed by atoms with Crippen LogP contribution in [0.5, 0.6) is 0 Å². The average Bonchev–Trinajstić information content (AvgIpc) is 2.84. The van der Waals surface area contributed by atoms with E-state index in [0.717, 1.165) is 71.0 Å². The summed E-state index contributed by atoms with van der Waals surface area (Å²) in [6.45, 7) is 11.6. The molecule has 7 nitrogen and oxygen atoms in total. The quantitative estimate of drug-likeness (QED) is 0.296. The summed E-state index contributed by atoms with van der Waals surface area (Å²) in [6, 6.07) is 11.1. The topological polar surface area (TPSA) is 60.4 Å². The second kappa shape index (κ2) is 14.8. The SMILES string of the molecule is CCNC(=NCCC(C)N(C)Cc1ccccc1)N1CCC(C(=O)N2CCOCC2)CC1.I. The molecule has 186 valence electrons. The van der Waals surface area contributed by atoms with Crippen LogP contribution in [0.2, 0.25) is 0 Å². The second-order valence-corrected chi connectivity index (χ2v) is 8.97. The molecular formula is C25H42IN5O2. The van der Waals surface area contributed by atoms with E-state index in [1.54, 1.807) is 0 Å². The first-order valence-electron chi connectivity index (χ1n) is 12.2. The molecule has 1 unspecified atom stereocenters. The summed E-state index contributed by atoms with van der Waals surface area (Å²) in [6.07, 6.45) is 2.82. The van der Waals surface area contributed by atoms with E-state index in [1.807, 2.05) is 4.90 Å². The van der Waals surface area contributed by atoms with Crippen LogP contribution >= 0.6 is 24.0 Å². The van der Waals surface area contributed by atoms with Gasteiger partial charge in [0.15, 0.2) is 5.96 Å². The van der Waals surface area contributed by atoms with Crippen molar-refractivity contribution in [2.75, 3.05) is 59.5 Å². The van der Waals surface area contributed by atoms with Gasteiger partial charge in [-0.3, -0.25) is 14.7 Å². The highest BCUT2D eigenvalue weighted by Gasteiger charge is 2.30. The number of guanidine groups is 1. The summed E-state index contributed by atoms with van der Waals surface area (Å²) in [5.74, 6) is 1.44. The summed E-state index contributed by atoms with van der Waals surface area (Å²) in [5.41, 5.74) is 1.34. The van der Waals surface area contributed by atoms with Crippen molar-refractivity contribution in [1.82, 2.24) is 20.0 Å².